The second-order valence-electron chi connectivity index (χ2n) is 5.38. The zero-order chi connectivity index (χ0) is 16.5. The molecular formula is C19H14N2O3. The van der Waals surface area contributed by atoms with E-state index in [-0.39, 0.29) is 5.88 Å². The molecule has 4 rings (SSSR count). The van der Waals surface area contributed by atoms with Crippen LogP contribution in [0.3, 0.4) is 0 Å². The summed E-state index contributed by atoms with van der Waals surface area (Å²) in [7, 11) is 0. The van der Waals surface area contributed by atoms with Crippen molar-refractivity contribution < 1.29 is 14.6 Å². The van der Waals surface area contributed by atoms with Gasteiger partial charge in [-0.25, -0.2) is 4.79 Å². The van der Waals surface area contributed by atoms with Crippen LogP contribution in [-0.4, -0.2) is 20.8 Å². The Bertz CT molecular complexity index is 1000. The molecule has 5 nitrogen and oxygen atoms in total. The van der Waals surface area contributed by atoms with Crippen molar-refractivity contribution in [2.75, 3.05) is 0 Å². The molecular weight excluding hydrogens is 304 g/mol. The second kappa shape index (κ2) is 5.62. The minimum absolute atomic E-state index is 0.230. The van der Waals surface area contributed by atoms with Crippen LogP contribution in [0.2, 0.25) is 0 Å². The normalized spacial score (nSPS) is 10.8. The average Bonchev–Trinajstić information content (AvgIpc) is 3.22. The molecule has 0 aliphatic rings. The summed E-state index contributed by atoms with van der Waals surface area (Å²) in [6, 6.07) is 19.4. The number of H-pyrrole nitrogens is 1. The van der Waals surface area contributed by atoms with Gasteiger partial charge >= 0.3 is 6.16 Å². The van der Waals surface area contributed by atoms with E-state index in [1.54, 1.807) is 0 Å². The molecule has 5 heteroatoms. The van der Waals surface area contributed by atoms with Crippen molar-refractivity contribution in [2.45, 2.75) is 0 Å². The zero-order valence-corrected chi connectivity index (χ0v) is 12.6. The van der Waals surface area contributed by atoms with Gasteiger partial charge in [-0.1, -0.05) is 30.3 Å². The van der Waals surface area contributed by atoms with E-state index >= 15 is 0 Å². The molecule has 0 amide bonds. The quantitative estimate of drug-likeness (QED) is 0.539. The Balaban J connectivity index is 1.97. The Labute approximate surface area is 137 Å². The second-order valence-corrected chi connectivity index (χ2v) is 5.38. The first kappa shape index (κ1) is 14.1. The highest BCUT2D eigenvalue weighted by molar-refractivity contribution is 6.00. The summed E-state index contributed by atoms with van der Waals surface area (Å²) in [6.45, 7) is 0. The number of nitrogens with zero attached hydrogens (tertiary/aromatic N) is 1. The standard InChI is InChI=1S/C19H14N2O3/c22-19(23)24-18-17(13-6-2-1-3-7-13)15-12-14(8-9-16(15)20-18)21-10-4-5-11-21/h1-12,20H,(H,22,23). The summed E-state index contributed by atoms with van der Waals surface area (Å²) in [6.07, 6.45) is 2.58. The van der Waals surface area contributed by atoms with Gasteiger partial charge in [0.25, 0.3) is 0 Å². The van der Waals surface area contributed by atoms with Crippen LogP contribution in [0.1, 0.15) is 0 Å². The van der Waals surface area contributed by atoms with E-state index in [9.17, 15) is 4.79 Å². The number of aromatic nitrogens is 2. The molecule has 24 heavy (non-hydrogen) atoms. The third-order valence-corrected chi connectivity index (χ3v) is 3.90. The fourth-order valence-corrected chi connectivity index (χ4v) is 2.88. The Morgan fingerprint density at radius 2 is 1.75 bits per heavy atom. The summed E-state index contributed by atoms with van der Waals surface area (Å²) in [5.41, 5.74) is 3.44. The molecule has 4 aromatic rings. The van der Waals surface area contributed by atoms with Gasteiger partial charge < -0.3 is 19.4 Å². The van der Waals surface area contributed by atoms with E-state index in [4.69, 9.17) is 9.84 Å². The fraction of sp³-hybridized carbons (Fsp3) is 0. The Morgan fingerprint density at radius 3 is 2.46 bits per heavy atom. The van der Waals surface area contributed by atoms with Crippen molar-refractivity contribution in [3.63, 3.8) is 0 Å². The molecule has 0 radical (unpaired) electrons. The number of hydrogen-bond acceptors (Lipinski definition) is 2. The molecule has 0 unspecified atom stereocenters. The molecule has 0 saturated carbocycles. The maximum Gasteiger partial charge on any atom is 0.512 e. The number of carbonyl (C=O) groups is 1. The third kappa shape index (κ3) is 2.42. The van der Waals surface area contributed by atoms with Crippen LogP contribution in [0.5, 0.6) is 5.88 Å². The largest absolute Gasteiger partial charge is 0.512 e. The molecule has 2 heterocycles. The maximum atomic E-state index is 11.0. The van der Waals surface area contributed by atoms with Crippen LogP contribution in [0.15, 0.2) is 73.1 Å². The molecule has 0 aliphatic heterocycles. The number of ether oxygens (including phenoxy) is 1. The van der Waals surface area contributed by atoms with Crippen molar-refractivity contribution in [1.82, 2.24) is 9.55 Å². The smallest absolute Gasteiger partial charge is 0.449 e. The first-order valence-electron chi connectivity index (χ1n) is 7.47. The monoisotopic (exact) mass is 318 g/mol. The van der Waals surface area contributed by atoms with Crippen LogP contribution in [-0.2, 0) is 0 Å². The van der Waals surface area contributed by atoms with Crippen LogP contribution in [0.25, 0.3) is 27.7 Å². The maximum absolute atomic E-state index is 11.0. The number of fused-ring (bicyclic) bond motifs is 1. The van der Waals surface area contributed by atoms with Crippen molar-refractivity contribution >= 4 is 17.1 Å². The average molecular weight is 318 g/mol. The lowest BCUT2D eigenvalue weighted by molar-refractivity contribution is 0.143. The molecule has 118 valence electrons. The lowest BCUT2D eigenvalue weighted by atomic mass is 10.0. The first-order chi connectivity index (χ1) is 11.7. The van der Waals surface area contributed by atoms with Crippen molar-refractivity contribution in [3.8, 4) is 22.7 Å². The van der Waals surface area contributed by atoms with E-state index in [1.807, 2.05) is 77.6 Å². The Kier molecular flexibility index (Phi) is 3.31. The zero-order valence-electron chi connectivity index (χ0n) is 12.6. The molecule has 0 fully saturated rings. The summed E-state index contributed by atoms with van der Waals surface area (Å²) < 4.78 is 6.97. The Hall–Kier alpha value is -3.47. The van der Waals surface area contributed by atoms with E-state index in [2.05, 4.69) is 4.98 Å². The summed E-state index contributed by atoms with van der Waals surface area (Å²) >= 11 is 0. The van der Waals surface area contributed by atoms with Crippen LogP contribution >= 0.6 is 0 Å². The highest BCUT2D eigenvalue weighted by Crippen LogP contribution is 2.38. The lowest BCUT2D eigenvalue weighted by Gasteiger charge is -2.05. The number of hydrogen-bond donors (Lipinski definition) is 2. The van der Waals surface area contributed by atoms with Crippen LogP contribution in [0, 0.1) is 0 Å². The predicted octanol–water partition coefficient (Wildman–Crippen LogP) is 4.68. The minimum Gasteiger partial charge on any atom is -0.449 e. The third-order valence-electron chi connectivity index (χ3n) is 3.90. The number of aromatic amines is 1. The number of nitrogens with one attached hydrogen (secondary N) is 1. The first-order valence-corrected chi connectivity index (χ1v) is 7.47. The van der Waals surface area contributed by atoms with E-state index in [0.29, 0.717) is 0 Å². The molecule has 0 spiro atoms. The number of rotatable bonds is 3. The van der Waals surface area contributed by atoms with Crippen LogP contribution in [0.4, 0.5) is 4.79 Å². The van der Waals surface area contributed by atoms with Gasteiger partial charge in [0, 0.05) is 29.0 Å². The number of benzene rings is 2. The van der Waals surface area contributed by atoms with Gasteiger partial charge in [0.2, 0.25) is 5.88 Å². The van der Waals surface area contributed by atoms with E-state index in [1.165, 1.54) is 0 Å². The van der Waals surface area contributed by atoms with Gasteiger partial charge in [-0.3, -0.25) is 0 Å². The van der Waals surface area contributed by atoms with E-state index in [0.717, 1.165) is 27.7 Å². The Morgan fingerprint density at radius 1 is 1.00 bits per heavy atom. The summed E-state index contributed by atoms with van der Waals surface area (Å²) in [5.74, 6) is 0.230. The van der Waals surface area contributed by atoms with Gasteiger partial charge in [-0.05, 0) is 35.9 Å². The topological polar surface area (TPSA) is 67.2 Å². The van der Waals surface area contributed by atoms with Gasteiger partial charge in [0.1, 0.15) is 0 Å². The van der Waals surface area contributed by atoms with Crippen LogP contribution < -0.4 is 4.74 Å². The molecule has 2 N–H and O–H groups in total. The van der Waals surface area contributed by atoms with Crippen molar-refractivity contribution in [3.05, 3.63) is 73.1 Å². The van der Waals surface area contributed by atoms with Gasteiger partial charge in [0.05, 0.1) is 5.56 Å². The minimum atomic E-state index is -1.34. The number of carboxylic acid groups (broad SMARTS) is 1. The van der Waals surface area contributed by atoms with Crippen molar-refractivity contribution in [2.24, 2.45) is 0 Å². The van der Waals surface area contributed by atoms with Gasteiger partial charge in [0.15, 0.2) is 0 Å². The van der Waals surface area contributed by atoms with Gasteiger partial charge in [-0.2, -0.15) is 0 Å². The molecule has 0 bridgehead atoms. The fourth-order valence-electron chi connectivity index (χ4n) is 2.88. The molecule has 2 aromatic heterocycles. The SMILES string of the molecule is O=C(O)Oc1[nH]c2ccc(-n3cccc3)cc2c1-c1ccccc1. The summed E-state index contributed by atoms with van der Waals surface area (Å²) in [4.78, 5) is 14.1. The lowest BCUT2D eigenvalue weighted by Crippen LogP contribution is -2.03. The highest BCUT2D eigenvalue weighted by atomic mass is 16.7. The van der Waals surface area contributed by atoms with E-state index < -0.39 is 6.16 Å². The molecule has 0 atom stereocenters. The predicted molar refractivity (Wildman–Crippen MR) is 91.7 cm³/mol. The molecule has 2 aromatic carbocycles. The summed E-state index contributed by atoms with van der Waals surface area (Å²) in [5, 5.41) is 9.93. The van der Waals surface area contributed by atoms with Crippen molar-refractivity contribution in [1.29, 1.82) is 0 Å². The molecule has 0 aliphatic carbocycles. The molecule has 0 saturated heterocycles. The van der Waals surface area contributed by atoms with Gasteiger partial charge in [-0.15, -0.1) is 0 Å². The highest BCUT2D eigenvalue weighted by Gasteiger charge is 2.17.